The van der Waals surface area contributed by atoms with E-state index in [0.29, 0.717) is 106 Å². The van der Waals surface area contributed by atoms with E-state index >= 15 is 0 Å². The van der Waals surface area contributed by atoms with Crippen LogP contribution in [0.4, 0.5) is 16.2 Å². The van der Waals surface area contributed by atoms with Crippen LogP contribution in [0.15, 0.2) is 149 Å². The molecule has 7 rings (SSSR count). The predicted molar refractivity (Wildman–Crippen MR) is 416 cm³/mol. The number of nitrogens with zero attached hydrogens (tertiary/aromatic N) is 4. The van der Waals surface area contributed by atoms with Gasteiger partial charge in [-0.25, -0.2) is 22.8 Å². The first-order valence-corrected chi connectivity index (χ1v) is 42.9. The Balaban J connectivity index is 0.00000234. The van der Waals surface area contributed by atoms with Gasteiger partial charge in [0.05, 0.1) is 26.2 Å². The lowest BCUT2D eigenvalue weighted by atomic mass is 9.81. The van der Waals surface area contributed by atoms with E-state index < -0.39 is 116 Å². The number of benzene rings is 4. The van der Waals surface area contributed by atoms with E-state index in [1.807, 2.05) is 115 Å². The maximum Gasteiger partial charge on any atom is 0.425 e. The summed E-state index contributed by atoms with van der Waals surface area (Å²) < 4.78 is 163. The molecule has 4 aromatic carbocycles. The van der Waals surface area contributed by atoms with Crippen LogP contribution in [0.2, 0.25) is 0 Å². The number of carbonyl (C=O) groups is 6. The zero-order chi connectivity index (χ0) is 85.3. The molecule has 0 saturated heterocycles. The quantitative estimate of drug-likeness (QED) is 0.0142. The van der Waals surface area contributed by atoms with E-state index in [9.17, 15) is 77.9 Å². The van der Waals surface area contributed by atoms with Crippen LogP contribution in [-0.2, 0) is 109 Å². The van der Waals surface area contributed by atoms with Crippen LogP contribution in [0, 0.1) is 5.92 Å². The van der Waals surface area contributed by atoms with Crippen molar-refractivity contribution in [1.29, 1.82) is 0 Å². The SMILES string of the molecule is CCNC(=O)N[C@@H](CCC(=O)CCCN(C)CCN(C)CCC(=O)C[C@@H](Cc1ccccc1)C(=O)N[C@@H](Cc1ccc(OC2=C(/C=C/C3=[N+](CCCCS(=O)(=O)[O-])c4ccccc4C3(C)C)CCC/C2=C\C=C2\N(CCCCS(=O)(=O)O)c3ccc(S(=O)(=O)O)cc3C2(C)C)cc1)C(=O)O)C(=O)O.O=C=O.O=S(=O)=O.O=S(=O)=O. The van der Waals surface area contributed by atoms with Crippen molar-refractivity contribution in [3.63, 3.8) is 0 Å². The van der Waals surface area contributed by atoms with E-state index in [0.717, 1.165) is 39.4 Å². The number of urea groups is 1. The number of hydrogen-bond donors (Lipinski definition) is 7. The van der Waals surface area contributed by atoms with Gasteiger partial charge in [0, 0.05) is 117 Å². The summed E-state index contributed by atoms with van der Waals surface area (Å²) in [7, 11) is -15.7. The van der Waals surface area contributed by atoms with Crippen molar-refractivity contribution in [3.05, 3.63) is 166 Å². The number of para-hydroxylation sites is 1. The van der Waals surface area contributed by atoms with Crippen LogP contribution >= 0.6 is 0 Å². The summed E-state index contributed by atoms with van der Waals surface area (Å²) in [5.74, 6) is -4.33. The lowest BCUT2D eigenvalue weighted by molar-refractivity contribution is -0.438. The van der Waals surface area contributed by atoms with E-state index in [1.54, 1.807) is 37.3 Å². The molecule has 33 nitrogen and oxygen atoms in total. The standard InChI is InChI=1S/C75H99N7O18S3.CO2.2O3S/c1-8-76-73(90)78-63(71(86)87)35-31-57(83)24-19-40-79(6)44-45-80(7)43-39-58(84)50-56(48-52-20-10-9-11-21-52)70(85)77-64(72(88)89)49-53-27-32-59(33-28-53)100-69-54(29-37-67-74(2,3)61-25-12-13-26-65(61)81(67)41-14-16-46-101(91,92)93)22-18-23-55(69)30-38-68-75(4,5)62-51-60(103(97,98)99)34-36-66(62)82(68)42-15-17-47-102(94,95)96;2-1-3;2*1-4(2)3/h9-13,20-21,25-30,32-34,36-38,51,56,63-64H,8,14-19,22-24,31,35,39-50H2,1-7H3,(H7-,76,77,78,85,86,87,88,89,90,91,92,93,94,95,96,97,98,99);;;/t56-,63+,64+;;;/m1.../s1. The van der Waals surface area contributed by atoms with Crippen molar-refractivity contribution in [2.24, 2.45) is 5.92 Å². The minimum Gasteiger partial charge on any atom is -0.748 e. The zero-order valence-electron chi connectivity index (χ0n) is 64.4. The molecule has 114 heavy (non-hydrogen) atoms. The summed E-state index contributed by atoms with van der Waals surface area (Å²) in [6.45, 7) is 13.0. The molecule has 0 spiro atoms. The number of likely N-dealkylation sites (N-methyl/N-ethyl adjacent to an activating group) is 2. The molecule has 7 N–H and O–H groups in total. The number of ether oxygens (including phenoxy) is 1. The van der Waals surface area contributed by atoms with Gasteiger partial charge >= 0.3 is 45.3 Å². The second-order valence-corrected chi connectivity index (χ2v) is 33.6. The van der Waals surface area contributed by atoms with E-state index in [2.05, 4.69) is 40.4 Å². The predicted octanol–water partition coefficient (Wildman–Crippen LogP) is 6.48. The van der Waals surface area contributed by atoms with Crippen molar-refractivity contribution in [2.75, 3.05) is 76.3 Å². The molecule has 2 aliphatic heterocycles. The third-order valence-corrected chi connectivity index (χ3v) is 21.5. The van der Waals surface area contributed by atoms with E-state index in [1.165, 1.54) is 12.1 Å². The highest BCUT2D eigenvalue weighted by molar-refractivity contribution is 7.86. The number of amides is 3. The van der Waals surface area contributed by atoms with Gasteiger partial charge in [-0.2, -0.15) is 31.0 Å². The monoisotopic (exact) mass is 1690 g/mol. The van der Waals surface area contributed by atoms with Crippen LogP contribution in [0.5, 0.6) is 5.75 Å². The smallest absolute Gasteiger partial charge is 0.425 e. The normalized spacial score (nSPS) is 15.7. The Labute approximate surface area is 667 Å². The van der Waals surface area contributed by atoms with Gasteiger partial charge in [-0.05, 0) is 170 Å². The summed E-state index contributed by atoms with van der Waals surface area (Å²) in [5, 5.41) is 27.7. The number of carbonyl (C=O) groups excluding carboxylic acids is 6. The molecule has 3 atom stereocenters. The second kappa shape index (κ2) is 46.1. The highest BCUT2D eigenvalue weighted by Crippen LogP contribution is 2.49. The minimum atomic E-state index is -4.60. The molecule has 0 saturated carbocycles. The van der Waals surface area contributed by atoms with Crippen molar-refractivity contribution >= 4 is 110 Å². The molecule has 3 amide bonds. The number of ketones is 2. The minimum absolute atomic E-state index is 0.00861. The molecular formula is C76H99N7O26S5. The Morgan fingerprint density at radius 3 is 1.86 bits per heavy atom. The highest BCUT2D eigenvalue weighted by atomic mass is 32.2. The fraction of sp³-hybridized carbons (Fsp3) is 0.474. The average molecular weight is 1690 g/mol. The summed E-state index contributed by atoms with van der Waals surface area (Å²) in [6.07, 6.45) is 11.8. The number of carboxylic acid groups (broad SMARTS) is 2. The van der Waals surface area contributed by atoms with Crippen LogP contribution in [0.3, 0.4) is 0 Å². The van der Waals surface area contributed by atoms with Gasteiger partial charge in [-0.1, -0.05) is 80.6 Å². The third-order valence-electron chi connectivity index (χ3n) is 19.0. The number of anilines is 1. The van der Waals surface area contributed by atoms with Crippen molar-refractivity contribution < 1.29 is 122 Å². The number of allylic oxidation sites excluding steroid dienone is 7. The van der Waals surface area contributed by atoms with Crippen LogP contribution < -0.4 is 25.6 Å². The van der Waals surface area contributed by atoms with Crippen molar-refractivity contribution in [1.82, 2.24) is 25.8 Å². The first-order valence-electron chi connectivity index (χ1n) is 36.3. The fourth-order valence-electron chi connectivity index (χ4n) is 13.3. The number of Topliss-reactive ketones (excluding diaryl/α,β-unsaturated/α-hetero) is 2. The Morgan fingerprint density at radius 2 is 1.26 bits per heavy atom. The number of carboxylic acids is 2. The van der Waals surface area contributed by atoms with Gasteiger partial charge in [-0.15, -0.1) is 25.3 Å². The Kier molecular flexibility index (Phi) is 39.1. The summed E-state index contributed by atoms with van der Waals surface area (Å²) in [6, 6.07) is 25.1. The van der Waals surface area contributed by atoms with Crippen molar-refractivity contribution in [2.45, 2.75) is 159 Å². The molecule has 38 heteroatoms. The third kappa shape index (κ3) is 33.1. The summed E-state index contributed by atoms with van der Waals surface area (Å²) in [5.41, 5.74) is 6.44. The van der Waals surface area contributed by atoms with Gasteiger partial charge in [0.25, 0.3) is 20.2 Å². The molecule has 0 aromatic heterocycles. The molecule has 0 radical (unpaired) electrons. The summed E-state index contributed by atoms with van der Waals surface area (Å²) in [4.78, 5) is 99.1. The lowest BCUT2D eigenvalue weighted by Gasteiger charge is -2.27. The number of nitrogens with one attached hydrogen (secondary N) is 3. The fourth-order valence-corrected chi connectivity index (χ4v) is 14.9. The molecule has 1 aliphatic carbocycles. The first-order chi connectivity index (χ1) is 53.4. The lowest BCUT2D eigenvalue weighted by Crippen LogP contribution is -2.46. The van der Waals surface area contributed by atoms with Crippen LogP contribution in [-0.4, -0.2) is 220 Å². The van der Waals surface area contributed by atoms with Gasteiger partial charge in [-0.3, -0.25) is 23.5 Å². The van der Waals surface area contributed by atoms with Gasteiger partial charge < -0.3 is 50.2 Å². The van der Waals surface area contributed by atoms with Gasteiger partial charge in [0.2, 0.25) is 11.6 Å². The summed E-state index contributed by atoms with van der Waals surface area (Å²) >= 11 is 0. The van der Waals surface area contributed by atoms with E-state index in [4.69, 9.17) is 39.6 Å². The average Bonchev–Trinajstić information content (AvgIpc) is 1.60. The van der Waals surface area contributed by atoms with Gasteiger partial charge in [0.15, 0.2) is 5.71 Å². The van der Waals surface area contributed by atoms with E-state index in [-0.39, 0.29) is 86.9 Å². The molecule has 0 unspecified atom stereocenters. The zero-order valence-corrected chi connectivity index (χ0v) is 68.4. The second-order valence-electron chi connectivity index (χ2n) is 28.3. The first kappa shape index (κ1) is 96.8. The molecule has 2 heterocycles. The Hall–Kier alpha value is -9.60. The van der Waals surface area contributed by atoms with Crippen molar-refractivity contribution in [3.8, 4) is 5.75 Å². The van der Waals surface area contributed by atoms with Crippen LogP contribution in [0.1, 0.15) is 140 Å². The highest BCUT2D eigenvalue weighted by Gasteiger charge is 2.45. The maximum atomic E-state index is 14.3. The molecule has 4 aromatic rings. The molecule has 0 fully saturated rings. The topological polar surface area (TPSA) is 503 Å². The number of fused-ring (bicyclic) bond motifs is 2. The number of hydrogen-bond acceptors (Lipinski definition) is 25. The maximum absolute atomic E-state index is 14.3. The number of rotatable bonds is 41. The number of unbranched alkanes of at least 4 members (excludes halogenated alkanes) is 2. The molecule has 0 bridgehead atoms. The van der Waals surface area contributed by atoms with Crippen LogP contribution in [0.25, 0.3) is 0 Å². The largest absolute Gasteiger partial charge is 0.748 e. The Bertz CT molecular complexity index is 4810. The van der Waals surface area contributed by atoms with Gasteiger partial charge in [0.1, 0.15) is 41.7 Å². The molecule has 624 valence electrons. The molecular weight excluding hydrogens is 1590 g/mol. The number of aliphatic carboxylic acids is 2. The Morgan fingerprint density at radius 1 is 0.667 bits per heavy atom. The molecule has 3 aliphatic rings.